The summed E-state index contributed by atoms with van der Waals surface area (Å²) in [6.45, 7) is 5.19. The van der Waals surface area contributed by atoms with Crippen LogP contribution in [0.3, 0.4) is 0 Å². The van der Waals surface area contributed by atoms with Crippen molar-refractivity contribution in [1.82, 2.24) is 4.90 Å². The van der Waals surface area contributed by atoms with E-state index in [1.807, 2.05) is 0 Å². The van der Waals surface area contributed by atoms with Crippen LogP contribution in [0.1, 0.15) is 21.5 Å². The van der Waals surface area contributed by atoms with Gasteiger partial charge in [0.1, 0.15) is 11.6 Å². The van der Waals surface area contributed by atoms with Crippen molar-refractivity contribution < 1.29 is 19.0 Å². The van der Waals surface area contributed by atoms with Crippen LogP contribution < -0.4 is 5.32 Å². The Balaban J connectivity index is 1.72. The summed E-state index contributed by atoms with van der Waals surface area (Å²) in [7, 11) is 0. The molecule has 1 heterocycles. The third-order valence-corrected chi connectivity index (χ3v) is 4.27. The van der Waals surface area contributed by atoms with E-state index in [9.17, 15) is 14.3 Å². The highest BCUT2D eigenvalue weighted by Gasteiger charge is 2.14. The zero-order valence-corrected chi connectivity index (χ0v) is 14.1. The van der Waals surface area contributed by atoms with Gasteiger partial charge < -0.3 is 15.2 Å². The highest BCUT2D eigenvalue weighted by molar-refractivity contribution is 6.04. The van der Waals surface area contributed by atoms with Crippen molar-refractivity contribution in [2.24, 2.45) is 0 Å². The van der Waals surface area contributed by atoms with Crippen molar-refractivity contribution in [2.75, 3.05) is 31.6 Å². The first-order valence-corrected chi connectivity index (χ1v) is 8.22. The number of morpholine rings is 1. The second-order valence-electron chi connectivity index (χ2n) is 6.15. The van der Waals surface area contributed by atoms with Crippen molar-refractivity contribution in [3.05, 3.63) is 58.9 Å². The largest absolute Gasteiger partial charge is 0.508 e. The Morgan fingerprint density at radius 2 is 2.00 bits per heavy atom. The van der Waals surface area contributed by atoms with E-state index in [0.29, 0.717) is 31.0 Å². The normalized spacial score (nSPS) is 15.1. The number of nitrogens with one attached hydrogen (secondary N) is 1. The van der Waals surface area contributed by atoms with E-state index in [1.165, 1.54) is 6.07 Å². The van der Waals surface area contributed by atoms with Gasteiger partial charge in [-0.2, -0.15) is 0 Å². The molecule has 2 N–H and O–H groups in total. The zero-order valence-electron chi connectivity index (χ0n) is 14.1. The number of ether oxygens (including phenoxy) is 1. The van der Waals surface area contributed by atoms with Gasteiger partial charge >= 0.3 is 0 Å². The molecule has 1 amide bonds. The summed E-state index contributed by atoms with van der Waals surface area (Å²) in [4.78, 5) is 14.5. The van der Waals surface area contributed by atoms with E-state index in [0.717, 1.165) is 18.7 Å². The molecule has 0 aromatic heterocycles. The van der Waals surface area contributed by atoms with E-state index in [1.54, 1.807) is 37.3 Å². The molecule has 0 atom stereocenters. The molecule has 0 aliphatic carbocycles. The lowest BCUT2D eigenvalue weighted by Crippen LogP contribution is -2.35. The molecule has 1 fully saturated rings. The van der Waals surface area contributed by atoms with Gasteiger partial charge in [0.25, 0.3) is 5.91 Å². The molecule has 132 valence electrons. The lowest BCUT2D eigenvalue weighted by molar-refractivity contribution is 0.0339. The van der Waals surface area contributed by atoms with E-state index in [2.05, 4.69) is 10.2 Å². The van der Waals surface area contributed by atoms with Gasteiger partial charge in [0.15, 0.2) is 0 Å². The van der Waals surface area contributed by atoms with Crippen molar-refractivity contribution >= 4 is 11.6 Å². The number of carbonyl (C=O) groups is 1. The molecule has 0 saturated carbocycles. The van der Waals surface area contributed by atoms with E-state index in [4.69, 9.17) is 4.74 Å². The van der Waals surface area contributed by atoms with Crippen LogP contribution in [0.5, 0.6) is 5.75 Å². The third-order valence-electron chi connectivity index (χ3n) is 4.27. The number of phenols is 1. The lowest BCUT2D eigenvalue weighted by Gasteiger charge is -2.27. The molecule has 1 saturated heterocycles. The topological polar surface area (TPSA) is 61.8 Å². The minimum Gasteiger partial charge on any atom is -0.508 e. The van der Waals surface area contributed by atoms with Gasteiger partial charge in [-0.15, -0.1) is 0 Å². The van der Waals surface area contributed by atoms with Crippen LogP contribution in [-0.2, 0) is 11.3 Å². The van der Waals surface area contributed by atoms with Gasteiger partial charge in [0.05, 0.1) is 13.2 Å². The average molecular weight is 344 g/mol. The van der Waals surface area contributed by atoms with Crippen LogP contribution in [-0.4, -0.2) is 42.2 Å². The molecule has 5 nitrogen and oxygen atoms in total. The predicted octanol–water partition coefficient (Wildman–Crippen LogP) is 2.92. The fourth-order valence-electron chi connectivity index (χ4n) is 2.73. The summed E-state index contributed by atoms with van der Waals surface area (Å²) < 4.78 is 18.9. The second kappa shape index (κ2) is 7.63. The minimum atomic E-state index is -0.411. The molecule has 3 rings (SSSR count). The number of amides is 1. The fraction of sp³-hybridized carbons (Fsp3) is 0.316. The van der Waals surface area contributed by atoms with E-state index >= 15 is 0 Å². The molecule has 0 bridgehead atoms. The smallest absolute Gasteiger partial charge is 0.255 e. The summed E-state index contributed by atoms with van der Waals surface area (Å²) in [6.07, 6.45) is 0. The van der Waals surface area contributed by atoms with Gasteiger partial charge in [0.2, 0.25) is 0 Å². The SMILES string of the molecule is Cc1ccc(C(=O)Nc2ccc(O)c(CN3CCOCC3)c2)cc1F. The number of halogens is 1. The number of benzene rings is 2. The Labute approximate surface area is 146 Å². The molecular weight excluding hydrogens is 323 g/mol. The van der Waals surface area contributed by atoms with Gasteiger partial charge in [0, 0.05) is 36.4 Å². The molecular formula is C19H21FN2O3. The van der Waals surface area contributed by atoms with Crippen LogP contribution in [0.2, 0.25) is 0 Å². The third kappa shape index (κ3) is 4.35. The Kier molecular flexibility index (Phi) is 5.31. The molecule has 0 unspecified atom stereocenters. The van der Waals surface area contributed by atoms with Crippen LogP contribution in [0.15, 0.2) is 36.4 Å². The summed E-state index contributed by atoms with van der Waals surface area (Å²) in [6, 6.07) is 9.31. The standard InChI is InChI=1S/C19H21FN2O3/c1-13-2-3-14(11-17(13)20)19(24)21-16-4-5-18(23)15(10-16)12-22-6-8-25-9-7-22/h2-5,10-11,23H,6-9,12H2,1H3,(H,21,24). The number of carbonyl (C=O) groups excluding carboxylic acids is 1. The monoisotopic (exact) mass is 344 g/mol. The van der Waals surface area contributed by atoms with Crippen LogP contribution >= 0.6 is 0 Å². The van der Waals surface area contributed by atoms with Gasteiger partial charge in [-0.1, -0.05) is 6.07 Å². The number of anilines is 1. The van der Waals surface area contributed by atoms with Gasteiger partial charge in [-0.25, -0.2) is 4.39 Å². The number of aryl methyl sites for hydroxylation is 1. The number of aromatic hydroxyl groups is 1. The Bertz CT molecular complexity index is 773. The number of nitrogens with zero attached hydrogens (tertiary/aromatic N) is 1. The van der Waals surface area contributed by atoms with E-state index in [-0.39, 0.29) is 17.2 Å². The Morgan fingerprint density at radius 1 is 1.24 bits per heavy atom. The van der Waals surface area contributed by atoms with Gasteiger partial charge in [-0.05, 0) is 42.8 Å². The van der Waals surface area contributed by atoms with Crippen molar-refractivity contribution in [3.8, 4) is 5.75 Å². The summed E-state index contributed by atoms with van der Waals surface area (Å²) in [5, 5.41) is 12.8. The first-order chi connectivity index (χ1) is 12.0. The summed E-state index contributed by atoms with van der Waals surface area (Å²) in [5.74, 6) is -0.612. The number of hydrogen-bond acceptors (Lipinski definition) is 4. The molecule has 1 aliphatic rings. The Morgan fingerprint density at radius 3 is 2.72 bits per heavy atom. The molecule has 6 heteroatoms. The maximum Gasteiger partial charge on any atom is 0.255 e. The number of rotatable bonds is 4. The molecule has 2 aromatic carbocycles. The highest BCUT2D eigenvalue weighted by atomic mass is 19.1. The summed E-state index contributed by atoms with van der Waals surface area (Å²) >= 11 is 0. The van der Waals surface area contributed by atoms with Gasteiger partial charge in [-0.3, -0.25) is 9.69 Å². The maximum absolute atomic E-state index is 13.6. The molecule has 2 aromatic rings. The van der Waals surface area contributed by atoms with Crippen LogP contribution in [0.4, 0.5) is 10.1 Å². The first kappa shape index (κ1) is 17.4. The molecule has 0 spiro atoms. The number of phenolic OH excluding ortho intramolecular Hbond substituents is 1. The first-order valence-electron chi connectivity index (χ1n) is 8.22. The highest BCUT2D eigenvalue weighted by Crippen LogP contribution is 2.24. The molecule has 0 radical (unpaired) electrons. The van der Waals surface area contributed by atoms with Crippen LogP contribution in [0, 0.1) is 12.7 Å². The van der Waals surface area contributed by atoms with Crippen LogP contribution in [0.25, 0.3) is 0 Å². The zero-order chi connectivity index (χ0) is 17.8. The average Bonchev–Trinajstić information content (AvgIpc) is 2.61. The lowest BCUT2D eigenvalue weighted by atomic mass is 10.1. The predicted molar refractivity (Wildman–Crippen MR) is 93.3 cm³/mol. The minimum absolute atomic E-state index is 0.186. The van der Waals surface area contributed by atoms with Crippen molar-refractivity contribution in [2.45, 2.75) is 13.5 Å². The van der Waals surface area contributed by atoms with E-state index < -0.39 is 5.82 Å². The number of hydrogen-bond donors (Lipinski definition) is 2. The second-order valence-corrected chi connectivity index (χ2v) is 6.15. The van der Waals surface area contributed by atoms with Crippen molar-refractivity contribution in [1.29, 1.82) is 0 Å². The quantitative estimate of drug-likeness (QED) is 0.837. The Hall–Kier alpha value is -2.44. The summed E-state index contributed by atoms with van der Waals surface area (Å²) in [5.41, 5.74) is 2.04. The molecule has 25 heavy (non-hydrogen) atoms. The molecule has 1 aliphatic heterocycles. The maximum atomic E-state index is 13.6. The fourth-order valence-corrected chi connectivity index (χ4v) is 2.73. The van der Waals surface area contributed by atoms with Crippen molar-refractivity contribution in [3.63, 3.8) is 0 Å².